The zero-order valence-corrected chi connectivity index (χ0v) is 14.1. The number of hydrazine groups is 1. The van der Waals surface area contributed by atoms with Crippen molar-refractivity contribution < 1.29 is 28.6 Å². The number of carbonyl (C=O) groups excluding carboxylic acids is 3. The minimum atomic E-state index is -0.760. The highest BCUT2D eigenvalue weighted by Gasteiger charge is 2.41. The molecule has 1 fully saturated rings. The van der Waals surface area contributed by atoms with E-state index in [1.54, 1.807) is 13.8 Å². The van der Waals surface area contributed by atoms with Crippen molar-refractivity contribution in [2.45, 2.75) is 20.5 Å². The van der Waals surface area contributed by atoms with Crippen LogP contribution in [0, 0.1) is 0 Å². The van der Waals surface area contributed by atoms with Gasteiger partial charge >= 0.3 is 18.2 Å². The van der Waals surface area contributed by atoms with Crippen LogP contribution in [-0.4, -0.2) is 47.9 Å². The number of esters is 1. The van der Waals surface area contributed by atoms with Gasteiger partial charge in [-0.1, -0.05) is 30.3 Å². The molecule has 8 heteroatoms. The van der Waals surface area contributed by atoms with Gasteiger partial charge in [0.15, 0.2) is 0 Å². The fourth-order valence-corrected chi connectivity index (χ4v) is 2.13. The maximum Gasteiger partial charge on any atom is 0.433 e. The zero-order valence-electron chi connectivity index (χ0n) is 14.1. The van der Waals surface area contributed by atoms with E-state index in [-0.39, 0.29) is 26.4 Å². The van der Waals surface area contributed by atoms with Crippen LogP contribution in [0.1, 0.15) is 19.4 Å². The highest BCUT2D eigenvalue weighted by molar-refractivity contribution is 5.86. The van der Waals surface area contributed by atoms with Gasteiger partial charge < -0.3 is 14.2 Å². The van der Waals surface area contributed by atoms with E-state index in [0.717, 1.165) is 21.7 Å². The van der Waals surface area contributed by atoms with Crippen LogP contribution in [0.2, 0.25) is 0 Å². The molecule has 1 aromatic carbocycles. The Kier molecular flexibility index (Phi) is 6.39. The molecule has 0 unspecified atom stereocenters. The topological polar surface area (TPSA) is 85.4 Å². The highest BCUT2D eigenvalue weighted by atomic mass is 16.6. The van der Waals surface area contributed by atoms with Gasteiger partial charge in [0, 0.05) is 6.08 Å². The van der Waals surface area contributed by atoms with E-state index in [2.05, 4.69) is 0 Å². The molecule has 1 saturated heterocycles. The van der Waals surface area contributed by atoms with Crippen molar-refractivity contribution in [2.75, 3.05) is 19.8 Å². The SMILES string of the molecule is CCOC(=O)N1C/C(=C\C(=O)OCc2ccccc2)N1C(=O)OCC. The third kappa shape index (κ3) is 4.72. The Bertz CT molecular complexity index is 658. The number of ether oxygens (including phenoxy) is 3. The summed E-state index contributed by atoms with van der Waals surface area (Å²) in [6.45, 7) is 3.78. The molecule has 25 heavy (non-hydrogen) atoms. The molecular weight excluding hydrogens is 328 g/mol. The van der Waals surface area contributed by atoms with Crippen molar-refractivity contribution in [2.24, 2.45) is 0 Å². The summed E-state index contributed by atoms with van der Waals surface area (Å²) >= 11 is 0. The summed E-state index contributed by atoms with van der Waals surface area (Å²) in [6.07, 6.45) is -0.287. The first-order valence-electron chi connectivity index (χ1n) is 7.89. The molecule has 8 nitrogen and oxygen atoms in total. The smallest absolute Gasteiger partial charge is 0.433 e. The van der Waals surface area contributed by atoms with Crippen LogP contribution >= 0.6 is 0 Å². The van der Waals surface area contributed by atoms with Crippen LogP contribution < -0.4 is 0 Å². The van der Waals surface area contributed by atoms with E-state index >= 15 is 0 Å². The molecule has 1 aliphatic heterocycles. The summed E-state index contributed by atoms with van der Waals surface area (Å²) in [7, 11) is 0. The molecule has 2 rings (SSSR count). The second-order valence-electron chi connectivity index (χ2n) is 5.00. The first-order valence-corrected chi connectivity index (χ1v) is 7.89. The van der Waals surface area contributed by atoms with Gasteiger partial charge in [-0.3, -0.25) is 0 Å². The Morgan fingerprint density at radius 1 is 1.00 bits per heavy atom. The quantitative estimate of drug-likeness (QED) is 0.462. The lowest BCUT2D eigenvalue weighted by molar-refractivity contribution is -0.139. The molecule has 0 atom stereocenters. The van der Waals surface area contributed by atoms with Crippen LogP contribution in [0.4, 0.5) is 9.59 Å². The lowest BCUT2D eigenvalue weighted by Crippen LogP contribution is -2.60. The van der Waals surface area contributed by atoms with Crippen LogP contribution in [0.15, 0.2) is 42.1 Å². The predicted octanol–water partition coefficient (Wildman–Crippen LogP) is 2.46. The van der Waals surface area contributed by atoms with Crippen molar-refractivity contribution in [3.63, 3.8) is 0 Å². The van der Waals surface area contributed by atoms with Gasteiger partial charge in [-0.25, -0.2) is 19.4 Å². The van der Waals surface area contributed by atoms with Gasteiger partial charge in [-0.05, 0) is 19.4 Å². The Morgan fingerprint density at radius 2 is 1.64 bits per heavy atom. The molecule has 2 amide bonds. The highest BCUT2D eigenvalue weighted by Crippen LogP contribution is 2.24. The van der Waals surface area contributed by atoms with E-state index in [0.29, 0.717) is 5.70 Å². The minimum Gasteiger partial charge on any atom is -0.458 e. The average molecular weight is 348 g/mol. The van der Waals surface area contributed by atoms with Crippen molar-refractivity contribution in [3.8, 4) is 0 Å². The first kappa shape index (κ1) is 18.3. The van der Waals surface area contributed by atoms with Gasteiger partial charge in [0.25, 0.3) is 0 Å². The number of amides is 2. The van der Waals surface area contributed by atoms with Crippen molar-refractivity contribution >= 4 is 18.2 Å². The normalized spacial score (nSPS) is 14.7. The fourth-order valence-electron chi connectivity index (χ4n) is 2.13. The van der Waals surface area contributed by atoms with E-state index in [1.165, 1.54) is 0 Å². The monoisotopic (exact) mass is 348 g/mol. The van der Waals surface area contributed by atoms with E-state index in [1.807, 2.05) is 30.3 Å². The van der Waals surface area contributed by atoms with Gasteiger partial charge in [-0.15, -0.1) is 0 Å². The number of rotatable bonds is 5. The maximum absolute atomic E-state index is 12.0. The predicted molar refractivity (Wildman–Crippen MR) is 86.9 cm³/mol. The third-order valence-electron chi connectivity index (χ3n) is 3.25. The fraction of sp³-hybridized carbons (Fsp3) is 0.353. The minimum absolute atomic E-state index is 0.0537. The molecular formula is C17H20N2O6. The number of hydrogen-bond donors (Lipinski definition) is 0. The summed E-state index contributed by atoms with van der Waals surface area (Å²) in [5.41, 5.74) is 1.14. The van der Waals surface area contributed by atoms with E-state index in [9.17, 15) is 14.4 Å². The number of hydrogen-bond acceptors (Lipinski definition) is 6. The Morgan fingerprint density at radius 3 is 2.28 bits per heavy atom. The van der Waals surface area contributed by atoms with Crippen LogP contribution in [0.3, 0.4) is 0 Å². The number of benzene rings is 1. The van der Waals surface area contributed by atoms with Crippen molar-refractivity contribution in [3.05, 3.63) is 47.7 Å². The Labute approximate surface area is 145 Å². The first-order chi connectivity index (χ1) is 12.1. The van der Waals surface area contributed by atoms with E-state index < -0.39 is 18.2 Å². The second-order valence-corrected chi connectivity index (χ2v) is 5.00. The molecule has 0 aliphatic carbocycles. The zero-order chi connectivity index (χ0) is 18.2. The molecule has 0 bridgehead atoms. The van der Waals surface area contributed by atoms with Crippen molar-refractivity contribution in [1.82, 2.24) is 10.0 Å². The molecule has 0 saturated carbocycles. The Balaban J connectivity index is 2.00. The summed E-state index contributed by atoms with van der Waals surface area (Å²) in [5, 5.41) is 2.02. The van der Waals surface area contributed by atoms with Crippen LogP contribution in [-0.2, 0) is 25.6 Å². The van der Waals surface area contributed by atoms with Gasteiger partial charge in [0.1, 0.15) is 6.61 Å². The molecule has 0 aromatic heterocycles. The molecule has 1 aromatic rings. The van der Waals surface area contributed by atoms with Gasteiger partial charge in [-0.2, -0.15) is 5.01 Å². The summed E-state index contributed by atoms with van der Waals surface area (Å²) in [4.78, 5) is 35.7. The summed E-state index contributed by atoms with van der Waals surface area (Å²) in [6, 6.07) is 9.21. The maximum atomic E-state index is 12.0. The van der Waals surface area contributed by atoms with Crippen molar-refractivity contribution in [1.29, 1.82) is 0 Å². The van der Waals surface area contributed by atoms with Gasteiger partial charge in [0.2, 0.25) is 0 Å². The molecule has 0 N–H and O–H groups in total. The number of carbonyl (C=O) groups is 3. The van der Waals surface area contributed by atoms with Gasteiger partial charge in [0.05, 0.1) is 25.5 Å². The largest absolute Gasteiger partial charge is 0.458 e. The van der Waals surface area contributed by atoms with Crippen LogP contribution in [0.5, 0.6) is 0 Å². The summed E-state index contributed by atoms with van der Waals surface area (Å²) < 4.78 is 14.9. The third-order valence-corrected chi connectivity index (χ3v) is 3.25. The average Bonchev–Trinajstić information content (AvgIpc) is 2.57. The van der Waals surface area contributed by atoms with Crippen LogP contribution in [0.25, 0.3) is 0 Å². The molecule has 0 spiro atoms. The molecule has 0 radical (unpaired) electrons. The lowest BCUT2D eigenvalue weighted by atomic mass is 10.2. The number of nitrogens with zero attached hydrogens (tertiary/aromatic N) is 2. The Hall–Kier alpha value is -3.03. The second kappa shape index (κ2) is 8.72. The molecule has 134 valence electrons. The lowest BCUT2D eigenvalue weighted by Gasteiger charge is -2.43. The summed E-state index contributed by atoms with van der Waals surface area (Å²) in [5.74, 6) is -0.614. The standard InChI is InChI=1S/C17H20N2O6/c1-3-23-16(21)18-11-14(19(18)17(22)24-4-2)10-15(20)25-12-13-8-6-5-7-9-13/h5-10H,3-4,11-12H2,1-2H3/b14-10+. The van der Waals surface area contributed by atoms with E-state index in [4.69, 9.17) is 14.2 Å². The molecule has 1 heterocycles. The molecule has 1 aliphatic rings.